The van der Waals surface area contributed by atoms with Crippen molar-refractivity contribution in [2.45, 2.75) is 25.3 Å². The van der Waals surface area contributed by atoms with E-state index in [1.165, 1.54) is 0 Å². The molecule has 0 unspecified atom stereocenters. The second-order valence-electron chi connectivity index (χ2n) is 5.25. The molecular weight excluding hydrogens is 270 g/mol. The summed E-state index contributed by atoms with van der Waals surface area (Å²) in [5.74, 6) is -1.38. The summed E-state index contributed by atoms with van der Waals surface area (Å²) in [4.78, 5) is 23.4. The maximum atomic E-state index is 12.2. The Labute approximate surface area is 121 Å². The molecule has 108 valence electrons. The zero-order valence-electron chi connectivity index (χ0n) is 11.5. The van der Waals surface area contributed by atoms with Crippen LogP contribution in [0, 0.1) is 6.92 Å². The molecule has 1 aromatic carbocycles. The van der Waals surface area contributed by atoms with Crippen LogP contribution >= 0.6 is 0 Å². The van der Waals surface area contributed by atoms with E-state index in [-0.39, 0.29) is 0 Å². The van der Waals surface area contributed by atoms with Crippen LogP contribution in [0.25, 0.3) is 5.69 Å². The summed E-state index contributed by atoms with van der Waals surface area (Å²) in [6.07, 6.45) is 2.57. The molecule has 1 heterocycles. The monoisotopic (exact) mass is 285 g/mol. The van der Waals surface area contributed by atoms with Crippen LogP contribution in [0.15, 0.2) is 36.5 Å². The number of aromatic nitrogens is 2. The van der Waals surface area contributed by atoms with Gasteiger partial charge in [0.2, 0.25) is 0 Å². The molecule has 2 aromatic rings. The lowest BCUT2D eigenvalue weighted by molar-refractivity contribution is -0.140. The quantitative estimate of drug-likeness (QED) is 0.892. The third-order valence-corrected chi connectivity index (χ3v) is 3.68. The van der Waals surface area contributed by atoms with Crippen LogP contribution in [0.4, 0.5) is 0 Å². The maximum Gasteiger partial charge on any atom is 0.329 e. The Bertz CT molecular complexity index is 702. The molecule has 1 saturated carbocycles. The Morgan fingerprint density at radius 2 is 1.95 bits per heavy atom. The molecule has 6 nitrogen and oxygen atoms in total. The molecule has 0 saturated heterocycles. The lowest BCUT2D eigenvalue weighted by atomic mass is 10.2. The van der Waals surface area contributed by atoms with Gasteiger partial charge in [-0.2, -0.15) is 5.10 Å². The van der Waals surface area contributed by atoms with Gasteiger partial charge in [0.25, 0.3) is 5.91 Å². The van der Waals surface area contributed by atoms with Gasteiger partial charge in [0, 0.05) is 6.20 Å². The molecule has 2 N–H and O–H groups in total. The van der Waals surface area contributed by atoms with Crippen LogP contribution in [0.3, 0.4) is 0 Å². The lowest BCUT2D eigenvalue weighted by Crippen LogP contribution is -2.43. The number of hydrogen-bond acceptors (Lipinski definition) is 3. The Hall–Kier alpha value is -2.63. The SMILES string of the molecule is Cc1nn(-c2ccccc2)cc1C(=O)NC1(C(=O)O)CC1. The number of carbonyl (C=O) groups is 2. The number of carboxylic acids is 1. The summed E-state index contributed by atoms with van der Waals surface area (Å²) < 4.78 is 1.62. The van der Waals surface area contributed by atoms with Gasteiger partial charge in [0.15, 0.2) is 0 Å². The number of carbonyl (C=O) groups excluding carboxylic acids is 1. The fourth-order valence-electron chi connectivity index (χ4n) is 2.20. The molecule has 0 radical (unpaired) electrons. The fourth-order valence-corrected chi connectivity index (χ4v) is 2.20. The molecule has 1 aliphatic carbocycles. The van der Waals surface area contributed by atoms with E-state index in [4.69, 9.17) is 5.11 Å². The van der Waals surface area contributed by atoms with E-state index in [9.17, 15) is 9.59 Å². The standard InChI is InChI=1S/C15H15N3O3/c1-10-12(13(19)16-15(7-8-15)14(20)21)9-18(17-10)11-5-3-2-4-6-11/h2-6,9H,7-8H2,1H3,(H,16,19)(H,20,21). The Morgan fingerprint density at radius 3 is 2.52 bits per heavy atom. The molecule has 0 atom stereocenters. The second kappa shape index (κ2) is 4.73. The van der Waals surface area contributed by atoms with Crippen molar-refractivity contribution in [3.8, 4) is 5.69 Å². The van der Waals surface area contributed by atoms with Crippen LogP contribution in [-0.4, -0.2) is 32.3 Å². The lowest BCUT2D eigenvalue weighted by Gasteiger charge is -2.11. The predicted octanol–water partition coefficient (Wildman–Crippen LogP) is 1.53. The first-order valence-electron chi connectivity index (χ1n) is 6.69. The van der Waals surface area contributed by atoms with Gasteiger partial charge in [-0.25, -0.2) is 9.48 Å². The minimum absolute atomic E-state index is 0.394. The van der Waals surface area contributed by atoms with Gasteiger partial charge >= 0.3 is 5.97 Å². The van der Waals surface area contributed by atoms with Crippen molar-refractivity contribution in [3.63, 3.8) is 0 Å². The van der Waals surface area contributed by atoms with Crippen LogP contribution in [-0.2, 0) is 4.79 Å². The van der Waals surface area contributed by atoms with Crippen LogP contribution in [0.1, 0.15) is 28.9 Å². The highest BCUT2D eigenvalue weighted by Gasteiger charge is 2.51. The van der Waals surface area contributed by atoms with Crippen molar-refractivity contribution in [2.75, 3.05) is 0 Å². The smallest absolute Gasteiger partial charge is 0.329 e. The minimum atomic E-state index is -1.08. The van der Waals surface area contributed by atoms with Gasteiger partial charge in [-0.05, 0) is 31.9 Å². The van der Waals surface area contributed by atoms with E-state index >= 15 is 0 Å². The molecule has 0 aliphatic heterocycles. The average Bonchev–Trinajstić information content (AvgIpc) is 3.15. The second-order valence-corrected chi connectivity index (χ2v) is 5.25. The molecule has 21 heavy (non-hydrogen) atoms. The van der Waals surface area contributed by atoms with Gasteiger partial charge in [-0.15, -0.1) is 0 Å². The molecule has 1 fully saturated rings. The van der Waals surface area contributed by atoms with Gasteiger partial charge in [-0.3, -0.25) is 4.79 Å². The van der Waals surface area contributed by atoms with Gasteiger partial charge in [0.05, 0.1) is 16.9 Å². The predicted molar refractivity (Wildman–Crippen MR) is 75.4 cm³/mol. The molecule has 1 aliphatic rings. The largest absolute Gasteiger partial charge is 0.480 e. The van der Waals surface area contributed by atoms with Gasteiger partial charge < -0.3 is 10.4 Å². The van der Waals surface area contributed by atoms with E-state index in [1.54, 1.807) is 17.8 Å². The van der Waals surface area contributed by atoms with Crippen molar-refractivity contribution in [1.82, 2.24) is 15.1 Å². The van der Waals surface area contributed by atoms with E-state index in [0.717, 1.165) is 5.69 Å². The van der Waals surface area contributed by atoms with Gasteiger partial charge in [-0.1, -0.05) is 18.2 Å². The van der Waals surface area contributed by atoms with Crippen LogP contribution in [0.5, 0.6) is 0 Å². The van der Waals surface area contributed by atoms with Crippen LogP contribution < -0.4 is 5.32 Å². The van der Waals surface area contributed by atoms with E-state index in [2.05, 4.69) is 10.4 Å². The summed E-state index contributed by atoms with van der Waals surface area (Å²) in [6.45, 7) is 1.73. The number of amides is 1. The van der Waals surface area contributed by atoms with E-state index < -0.39 is 17.4 Å². The summed E-state index contributed by atoms with van der Waals surface area (Å²) in [7, 11) is 0. The van der Waals surface area contributed by atoms with Crippen molar-refractivity contribution in [1.29, 1.82) is 0 Å². The van der Waals surface area contributed by atoms with E-state index in [0.29, 0.717) is 24.1 Å². The number of aryl methyl sites for hydroxylation is 1. The summed E-state index contributed by atoms with van der Waals surface area (Å²) in [6, 6.07) is 9.43. The average molecular weight is 285 g/mol. The molecule has 1 aromatic heterocycles. The number of para-hydroxylation sites is 1. The minimum Gasteiger partial charge on any atom is -0.480 e. The first-order valence-corrected chi connectivity index (χ1v) is 6.69. The zero-order chi connectivity index (χ0) is 15.0. The molecular formula is C15H15N3O3. The van der Waals surface area contributed by atoms with Crippen LogP contribution in [0.2, 0.25) is 0 Å². The third kappa shape index (κ3) is 2.40. The van der Waals surface area contributed by atoms with Crippen molar-refractivity contribution < 1.29 is 14.7 Å². The highest BCUT2D eigenvalue weighted by Crippen LogP contribution is 2.35. The number of benzene rings is 1. The number of hydrogen-bond donors (Lipinski definition) is 2. The number of nitrogens with one attached hydrogen (secondary N) is 1. The molecule has 3 rings (SSSR count). The fraction of sp³-hybridized carbons (Fsp3) is 0.267. The molecule has 1 amide bonds. The Morgan fingerprint density at radius 1 is 1.29 bits per heavy atom. The van der Waals surface area contributed by atoms with Crippen molar-refractivity contribution in [2.24, 2.45) is 0 Å². The normalized spacial score (nSPS) is 15.5. The summed E-state index contributed by atoms with van der Waals surface area (Å²) in [5, 5.41) is 16.0. The highest BCUT2D eigenvalue weighted by molar-refractivity contribution is 5.99. The zero-order valence-corrected chi connectivity index (χ0v) is 11.5. The highest BCUT2D eigenvalue weighted by atomic mass is 16.4. The third-order valence-electron chi connectivity index (χ3n) is 3.68. The first kappa shape index (κ1) is 13.4. The Kier molecular flexibility index (Phi) is 3.01. The van der Waals surface area contributed by atoms with E-state index in [1.807, 2.05) is 30.3 Å². The number of aliphatic carboxylic acids is 1. The number of carboxylic acid groups (broad SMARTS) is 1. The maximum absolute atomic E-state index is 12.2. The molecule has 0 spiro atoms. The van der Waals surface area contributed by atoms with Gasteiger partial charge in [0.1, 0.15) is 5.54 Å². The summed E-state index contributed by atoms with van der Waals surface area (Å²) >= 11 is 0. The Balaban J connectivity index is 1.85. The molecule has 0 bridgehead atoms. The number of nitrogens with zero attached hydrogens (tertiary/aromatic N) is 2. The molecule has 6 heteroatoms. The number of rotatable bonds is 4. The first-order chi connectivity index (χ1) is 10.0. The topological polar surface area (TPSA) is 84.2 Å². The van der Waals surface area contributed by atoms with Crippen molar-refractivity contribution in [3.05, 3.63) is 47.8 Å². The summed E-state index contributed by atoms with van der Waals surface area (Å²) in [5.41, 5.74) is 0.723. The van der Waals surface area contributed by atoms with Crippen molar-refractivity contribution >= 4 is 11.9 Å².